The first-order valence-corrected chi connectivity index (χ1v) is 9.65. The molecule has 2 aromatic carbocycles. The first kappa shape index (κ1) is 22.2. The van der Waals surface area contributed by atoms with Crippen LogP contribution in [0.25, 0.3) is 6.08 Å². The summed E-state index contributed by atoms with van der Waals surface area (Å²) in [6.45, 7) is 0. The summed E-state index contributed by atoms with van der Waals surface area (Å²) in [4.78, 5) is 29.5. The summed E-state index contributed by atoms with van der Waals surface area (Å²) in [6.07, 6.45) is 4.55. The van der Waals surface area contributed by atoms with Crippen LogP contribution in [0.3, 0.4) is 0 Å². The number of nitrogens with one attached hydrogen (secondary N) is 2. The minimum absolute atomic E-state index is 0.00393. The second kappa shape index (κ2) is 11.1. The van der Waals surface area contributed by atoms with Crippen LogP contribution in [0.4, 0.5) is 0 Å². The lowest BCUT2D eigenvalue weighted by Gasteiger charge is -2.11. The van der Waals surface area contributed by atoms with Crippen LogP contribution in [-0.2, 0) is 4.79 Å². The van der Waals surface area contributed by atoms with E-state index >= 15 is 0 Å². The van der Waals surface area contributed by atoms with Crippen molar-refractivity contribution < 1.29 is 19.1 Å². The number of rotatable bonds is 8. The highest BCUT2D eigenvalue weighted by atomic mass is 16.5. The number of carbonyl (C=O) groups is 2. The lowest BCUT2D eigenvalue weighted by Crippen LogP contribution is -2.32. The Labute approximate surface area is 185 Å². The van der Waals surface area contributed by atoms with E-state index in [0.29, 0.717) is 28.3 Å². The molecule has 1 heterocycles. The molecular formula is C24H22N4O4. The van der Waals surface area contributed by atoms with Crippen LogP contribution in [0.15, 0.2) is 83.7 Å². The Morgan fingerprint density at radius 2 is 1.69 bits per heavy atom. The Morgan fingerprint density at radius 3 is 2.38 bits per heavy atom. The molecule has 2 N–H and O–H groups in total. The average molecular weight is 430 g/mol. The van der Waals surface area contributed by atoms with Crippen LogP contribution < -0.4 is 20.2 Å². The SMILES string of the molecule is COc1ccc(/C=C(/NC(=O)c2ccccc2)C(=O)N/N=C\c2ccccn2)cc1OC. The maximum Gasteiger partial charge on any atom is 0.287 e. The summed E-state index contributed by atoms with van der Waals surface area (Å²) in [7, 11) is 3.05. The normalized spacial score (nSPS) is 11.1. The zero-order valence-corrected chi connectivity index (χ0v) is 17.6. The summed E-state index contributed by atoms with van der Waals surface area (Å²) in [5.74, 6) is 0.00456. The van der Waals surface area contributed by atoms with Crippen LogP contribution in [0.1, 0.15) is 21.6 Å². The van der Waals surface area contributed by atoms with Crippen molar-refractivity contribution in [1.82, 2.24) is 15.7 Å². The van der Waals surface area contributed by atoms with Gasteiger partial charge in [0.2, 0.25) is 0 Å². The monoisotopic (exact) mass is 430 g/mol. The lowest BCUT2D eigenvalue weighted by atomic mass is 10.1. The molecule has 2 amide bonds. The fraction of sp³-hybridized carbons (Fsp3) is 0.0833. The summed E-state index contributed by atoms with van der Waals surface area (Å²) in [5, 5.41) is 6.57. The number of hydrogen-bond donors (Lipinski definition) is 2. The van der Waals surface area contributed by atoms with Gasteiger partial charge in [-0.05, 0) is 48.0 Å². The van der Waals surface area contributed by atoms with Gasteiger partial charge in [0.25, 0.3) is 11.8 Å². The second-order valence-corrected chi connectivity index (χ2v) is 6.45. The van der Waals surface area contributed by atoms with Crippen molar-refractivity contribution in [2.75, 3.05) is 14.2 Å². The van der Waals surface area contributed by atoms with E-state index in [-0.39, 0.29) is 5.70 Å². The Bertz CT molecular complexity index is 1130. The van der Waals surface area contributed by atoms with E-state index in [1.54, 1.807) is 72.9 Å². The van der Waals surface area contributed by atoms with Crippen molar-refractivity contribution in [3.63, 3.8) is 0 Å². The number of carbonyl (C=O) groups excluding carboxylic acids is 2. The van der Waals surface area contributed by atoms with Gasteiger partial charge in [-0.1, -0.05) is 30.3 Å². The predicted molar refractivity (Wildman–Crippen MR) is 121 cm³/mol. The van der Waals surface area contributed by atoms with Crippen molar-refractivity contribution in [3.05, 3.63) is 95.4 Å². The summed E-state index contributed by atoms with van der Waals surface area (Å²) >= 11 is 0. The zero-order valence-electron chi connectivity index (χ0n) is 17.6. The number of hydrogen-bond acceptors (Lipinski definition) is 6. The maximum absolute atomic E-state index is 12.8. The fourth-order valence-electron chi connectivity index (χ4n) is 2.72. The highest BCUT2D eigenvalue weighted by Gasteiger charge is 2.15. The van der Waals surface area contributed by atoms with Crippen LogP contribution in [-0.4, -0.2) is 37.2 Å². The van der Waals surface area contributed by atoms with Crippen LogP contribution in [0, 0.1) is 0 Å². The number of aromatic nitrogens is 1. The molecule has 0 aliphatic carbocycles. The van der Waals surface area contributed by atoms with E-state index in [1.165, 1.54) is 26.5 Å². The van der Waals surface area contributed by atoms with Crippen LogP contribution in [0.5, 0.6) is 11.5 Å². The van der Waals surface area contributed by atoms with E-state index in [1.807, 2.05) is 0 Å². The first-order valence-electron chi connectivity index (χ1n) is 9.65. The molecule has 0 spiro atoms. The number of pyridine rings is 1. The summed E-state index contributed by atoms with van der Waals surface area (Å²) in [5.41, 5.74) is 4.02. The molecule has 0 atom stereocenters. The Hall–Kier alpha value is -4.46. The maximum atomic E-state index is 12.8. The number of nitrogens with zero attached hydrogens (tertiary/aromatic N) is 2. The van der Waals surface area contributed by atoms with Gasteiger partial charge in [0.15, 0.2) is 11.5 Å². The zero-order chi connectivity index (χ0) is 22.8. The molecule has 0 saturated heterocycles. The molecule has 0 bridgehead atoms. The van der Waals surface area contributed by atoms with Crippen LogP contribution >= 0.6 is 0 Å². The van der Waals surface area contributed by atoms with Crippen molar-refractivity contribution in [2.24, 2.45) is 5.10 Å². The fourth-order valence-corrected chi connectivity index (χ4v) is 2.72. The van der Waals surface area contributed by atoms with Gasteiger partial charge < -0.3 is 14.8 Å². The van der Waals surface area contributed by atoms with E-state index in [9.17, 15) is 9.59 Å². The standard InChI is InChI=1S/C24H22N4O4/c1-31-21-12-11-17(15-22(21)32-2)14-20(27-23(29)18-8-4-3-5-9-18)24(30)28-26-16-19-10-6-7-13-25-19/h3-16H,1-2H3,(H,27,29)(H,28,30)/b20-14+,26-16-. The van der Waals surface area contributed by atoms with E-state index in [2.05, 4.69) is 20.8 Å². The minimum Gasteiger partial charge on any atom is -0.493 e. The Morgan fingerprint density at radius 1 is 0.938 bits per heavy atom. The van der Waals surface area contributed by atoms with Gasteiger partial charge in [-0.2, -0.15) is 5.10 Å². The molecule has 3 aromatic rings. The number of amides is 2. The molecule has 0 aliphatic rings. The molecule has 32 heavy (non-hydrogen) atoms. The quantitative estimate of drug-likeness (QED) is 0.325. The molecule has 8 nitrogen and oxygen atoms in total. The summed E-state index contributed by atoms with van der Waals surface area (Å²) in [6, 6.07) is 19.0. The highest BCUT2D eigenvalue weighted by molar-refractivity contribution is 6.05. The average Bonchev–Trinajstić information content (AvgIpc) is 2.84. The Kier molecular flexibility index (Phi) is 7.69. The van der Waals surface area contributed by atoms with Gasteiger partial charge in [-0.25, -0.2) is 5.43 Å². The molecule has 162 valence electrons. The second-order valence-electron chi connectivity index (χ2n) is 6.45. The van der Waals surface area contributed by atoms with Gasteiger partial charge in [0.1, 0.15) is 5.70 Å². The van der Waals surface area contributed by atoms with Gasteiger partial charge in [-0.15, -0.1) is 0 Å². The Balaban J connectivity index is 1.86. The van der Waals surface area contributed by atoms with Crippen molar-refractivity contribution in [2.45, 2.75) is 0 Å². The summed E-state index contributed by atoms with van der Waals surface area (Å²) < 4.78 is 10.6. The third-order valence-corrected chi connectivity index (χ3v) is 4.30. The molecule has 8 heteroatoms. The van der Waals surface area contributed by atoms with Gasteiger partial charge in [0, 0.05) is 11.8 Å². The molecule has 0 aliphatic heterocycles. The molecule has 0 radical (unpaired) electrons. The number of methoxy groups -OCH3 is 2. The lowest BCUT2D eigenvalue weighted by molar-refractivity contribution is -0.117. The van der Waals surface area contributed by atoms with E-state index in [4.69, 9.17) is 9.47 Å². The minimum atomic E-state index is -0.601. The van der Waals surface area contributed by atoms with E-state index < -0.39 is 11.8 Å². The topological polar surface area (TPSA) is 102 Å². The van der Waals surface area contributed by atoms with Gasteiger partial charge in [0.05, 0.1) is 26.1 Å². The van der Waals surface area contributed by atoms with Gasteiger partial charge in [-0.3, -0.25) is 14.6 Å². The largest absolute Gasteiger partial charge is 0.493 e. The highest BCUT2D eigenvalue weighted by Crippen LogP contribution is 2.28. The predicted octanol–water partition coefficient (Wildman–Crippen LogP) is 3.02. The van der Waals surface area contributed by atoms with Crippen molar-refractivity contribution >= 4 is 24.1 Å². The third-order valence-electron chi connectivity index (χ3n) is 4.30. The molecule has 0 fully saturated rings. The number of ether oxygens (including phenoxy) is 2. The molecular weight excluding hydrogens is 408 g/mol. The van der Waals surface area contributed by atoms with Crippen molar-refractivity contribution in [3.8, 4) is 11.5 Å². The third kappa shape index (κ3) is 6.02. The van der Waals surface area contributed by atoms with Gasteiger partial charge >= 0.3 is 0 Å². The first-order chi connectivity index (χ1) is 15.6. The van der Waals surface area contributed by atoms with Crippen LogP contribution in [0.2, 0.25) is 0 Å². The smallest absolute Gasteiger partial charge is 0.287 e. The van der Waals surface area contributed by atoms with Crippen molar-refractivity contribution in [1.29, 1.82) is 0 Å². The molecule has 0 unspecified atom stereocenters. The number of benzene rings is 2. The molecule has 3 rings (SSSR count). The molecule has 0 saturated carbocycles. The number of hydrazone groups is 1. The molecule has 1 aromatic heterocycles. The van der Waals surface area contributed by atoms with E-state index in [0.717, 1.165) is 0 Å².